The quantitative estimate of drug-likeness (QED) is 0.865. The van der Waals surface area contributed by atoms with E-state index in [9.17, 15) is 5.26 Å². The minimum Gasteiger partial charge on any atom is -0.365 e. The third-order valence-corrected chi connectivity index (χ3v) is 4.76. The van der Waals surface area contributed by atoms with Crippen molar-refractivity contribution in [3.05, 3.63) is 22.9 Å². The first-order valence-corrected chi connectivity index (χ1v) is 6.36. The zero-order valence-electron chi connectivity index (χ0n) is 12.0. The normalized spacial score (nSPS) is 20.3. The van der Waals surface area contributed by atoms with E-state index < -0.39 is 0 Å². The van der Waals surface area contributed by atoms with Crippen LogP contribution in [-0.2, 0) is 0 Å². The number of hydrogen-bond donors (Lipinski definition) is 1. The Morgan fingerprint density at radius 3 is 2.22 bits per heavy atom. The zero-order valence-corrected chi connectivity index (χ0v) is 12.0. The summed E-state index contributed by atoms with van der Waals surface area (Å²) < 4.78 is 0. The van der Waals surface area contributed by atoms with Crippen LogP contribution in [0, 0.1) is 36.0 Å². The van der Waals surface area contributed by atoms with Crippen molar-refractivity contribution in [1.29, 1.82) is 5.26 Å². The molecule has 1 aromatic heterocycles. The van der Waals surface area contributed by atoms with Crippen molar-refractivity contribution >= 4 is 5.82 Å². The lowest BCUT2D eigenvalue weighted by Crippen LogP contribution is -2.13. The maximum absolute atomic E-state index is 9.25. The van der Waals surface area contributed by atoms with Crippen LogP contribution in [0.15, 0.2) is 6.07 Å². The van der Waals surface area contributed by atoms with E-state index in [1.54, 1.807) is 0 Å². The Morgan fingerprint density at radius 2 is 1.78 bits per heavy atom. The number of pyridine rings is 1. The van der Waals surface area contributed by atoms with Gasteiger partial charge in [-0.05, 0) is 36.3 Å². The average Bonchev–Trinajstić information content (AvgIpc) is 2.60. The van der Waals surface area contributed by atoms with E-state index in [4.69, 9.17) is 0 Å². The highest BCUT2D eigenvalue weighted by Crippen LogP contribution is 2.63. The van der Waals surface area contributed by atoms with Crippen LogP contribution in [0.1, 0.15) is 44.5 Å². The summed E-state index contributed by atoms with van der Waals surface area (Å²) in [4.78, 5) is 4.48. The summed E-state index contributed by atoms with van der Waals surface area (Å²) in [6, 6.07) is 4.57. The fraction of sp³-hybridized carbons (Fsp3) is 0.600. The minimum atomic E-state index is 0.235. The number of aryl methyl sites for hydroxylation is 2. The van der Waals surface area contributed by atoms with Gasteiger partial charge in [0.15, 0.2) is 0 Å². The van der Waals surface area contributed by atoms with Gasteiger partial charge in [-0.15, -0.1) is 0 Å². The Morgan fingerprint density at radius 1 is 1.22 bits per heavy atom. The van der Waals surface area contributed by atoms with Gasteiger partial charge in [0.05, 0.1) is 5.56 Å². The SMILES string of the molecule is Cc1cc(C)c(C#N)c(NC2C(C)(C)C2(C)C)n1. The van der Waals surface area contributed by atoms with Crippen molar-refractivity contribution < 1.29 is 0 Å². The van der Waals surface area contributed by atoms with Gasteiger partial charge in [0.25, 0.3) is 0 Å². The average molecular weight is 243 g/mol. The summed E-state index contributed by atoms with van der Waals surface area (Å²) in [6.07, 6.45) is 0. The third kappa shape index (κ3) is 1.68. The molecule has 0 aromatic carbocycles. The predicted octanol–water partition coefficient (Wildman–Crippen LogP) is 3.42. The van der Waals surface area contributed by atoms with E-state index in [0.717, 1.165) is 17.1 Å². The maximum Gasteiger partial charge on any atom is 0.144 e. The molecular formula is C15H21N3. The molecule has 1 aliphatic carbocycles. The van der Waals surface area contributed by atoms with Gasteiger partial charge in [-0.3, -0.25) is 0 Å². The summed E-state index contributed by atoms with van der Waals surface area (Å²) in [5, 5.41) is 12.7. The van der Waals surface area contributed by atoms with Crippen LogP contribution < -0.4 is 5.32 Å². The maximum atomic E-state index is 9.25. The second-order valence-electron chi connectivity index (χ2n) is 6.44. The third-order valence-electron chi connectivity index (χ3n) is 4.76. The molecule has 0 aliphatic heterocycles. The number of rotatable bonds is 2. The molecule has 1 heterocycles. The lowest BCUT2D eigenvalue weighted by atomic mass is 10.0. The Bertz CT molecular complexity index is 521. The van der Waals surface area contributed by atoms with Crippen LogP contribution in [0.5, 0.6) is 0 Å². The van der Waals surface area contributed by atoms with Gasteiger partial charge in [0, 0.05) is 11.7 Å². The number of aromatic nitrogens is 1. The molecule has 18 heavy (non-hydrogen) atoms. The summed E-state index contributed by atoms with van der Waals surface area (Å²) >= 11 is 0. The van der Waals surface area contributed by atoms with Crippen molar-refractivity contribution in [2.45, 2.75) is 47.6 Å². The van der Waals surface area contributed by atoms with E-state index in [2.05, 4.69) is 44.1 Å². The van der Waals surface area contributed by atoms with Crippen LogP contribution in [0.4, 0.5) is 5.82 Å². The molecule has 3 nitrogen and oxygen atoms in total. The van der Waals surface area contributed by atoms with Crippen molar-refractivity contribution in [2.75, 3.05) is 5.32 Å². The molecule has 3 heteroatoms. The first kappa shape index (κ1) is 12.9. The van der Waals surface area contributed by atoms with Gasteiger partial charge in [-0.2, -0.15) is 5.26 Å². The van der Waals surface area contributed by atoms with Gasteiger partial charge in [0.2, 0.25) is 0 Å². The van der Waals surface area contributed by atoms with Gasteiger partial charge in [-0.25, -0.2) is 4.98 Å². The van der Waals surface area contributed by atoms with Crippen LogP contribution in [0.3, 0.4) is 0 Å². The molecule has 0 saturated heterocycles. The largest absolute Gasteiger partial charge is 0.365 e. The fourth-order valence-electron chi connectivity index (χ4n) is 2.78. The molecule has 0 bridgehead atoms. The molecule has 1 aliphatic rings. The lowest BCUT2D eigenvalue weighted by Gasteiger charge is -2.11. The second-order valence-corrected chi connectivity index (χ2v) is 6.44. The lowest BCUT2D eigenvalue weighted by molar-refractivity contribution is 0.457. The highest BCUT2D eigenvalue weighted by Gasteiger charge is 2.65. The second kappa shape index (κ2) is 3.71. The van der Waals surface area contributed by atoms with E-state index >= 15 is 0 Å². The number of hydrogen-bond acceptors (Lipinski definition) is 3. The Balaban J connectivity index is 2.35. The topological polar surface area (TPSA) is 48.7 Å². The minimum absolute atomic E-state index is 0.235. The highest BCUT2D eigenvalue weighted by molar-refractivity contribution is 5.58. The summed E-state index contributed by atoms with van der Waals surface area (Å²) in [7, 11) is 0. The summed E-state index contributed by atoms with van der Waals surface area (Å²) in [6.45, 7) is 12.9. The molecule has 0 spiro atoms. The van der Waals surface area contributed by atoms with Crippen LogP contribution in [-0.4, -0.2) is 11.0 Å². The molecule has 0 amide bonds. The van der Waals surface area contributed by atoms with Crippen LogP contribution >= 0.6 is 0 Å². The van der Waals surface area contributed by atoms with Crippen molar-refractivity contribution in [3.63, 3.8) is 0 Å². The molecule has 0 radical (unpaired) electrons. The van der Waals surface area contributed by atoms with Gasteiger partial charge in [-0.1, -0.05) is 27.7 Å². The highest BCUT2D eigenvalue weighted by atomic mass is 15.1. The van der Waals surface area contributed by atoms with Crippen LogP contribution in [0.2, 0.25) is 0 Å². The molecule has 0 atom stereocenters. The Hall–Kier alpha value is -1.56. The summed E-state index contributed by atoms with van der Waals surface area (Å²) in [5.41, 5.74) is 3.08. The van der Waals surface area contributed by atoms with Gasteiger partial charge < -0.3 is 5.32 Å². The van der Waals surface area contributed by atoms with E-state index in [1.165, 1.54) is 0 Å². The molecule has 1 aromatic rings. The molecule has 96 valence electrons. The number of nitriles is 1. The zero-order chi connectivity index (χ0) is 13.7. The van der Waals surface area contributed by atoms with E-state index in [-0.39, 0.29) is 10.8 Å². The number of nitrogens with one attached hydrogen (secondary N) is 1. The van der Waals surface area contributed by atoms with Crippen LogP contribution in [0.25, 0.3) is 0 Å². The summed E-state index contributed by atoms with van der Waals surface area (Å²) in [5.74, 6) is 0.735. The number of anilines is 1. The first-order valence-electron chi connectivity index (χ1n) is 6.36. The standard InChI is InChI=1S/C15H21N3/c1-9-7-10(2)17-12(11(9)8-16)18-13-14(3,4)15(13,5)6/h7,13H,1-6H3,(H,17,18). The monoisotopic (exact) mass is 243 g/mol. The predicted molar refractivity (Wildman–Crippen MR) is 73.4 cm³/mol. The fourth-order valence-corrected chi connectivity index (χ4v) is 2.78. The van der Waals surface area contributed by atoms with Gasteiger partial charge in [0.1, 0.15) is 11.9 Å². The van der Waals surface area contributed by atoms with Crippen molar-refractivity contribution in [3.8, 4) is 6.07 Å². The first-order chi connectivity index (χ1) is 8.21. The molecule has 1 N–H and O–H groups in total. The van der Waals surface area contributed by atoms with Gasteiger partial charge >= 0.3 is 0 Å². The Labute approximate surface area is 109 Å². The molecular weight excluding hydrogens is 222 g/mol. The van der Waals surface area contributed by atoms with Crippen molar-refractivity contribution in [2.24, 2.45) is 10.8 Å². The van der Waals surface area contributed by atoms with E-state index in [0.29, 0.717) is 11.6 Å². The number of nitrogens with zero attached hydrogens (tertiary/aromatic N) is 2. The van der Waals surface area contributed by atoms with E-state index in [1.807, 2.05) is 19.9 Å². The van der Waals surface area contributed by atoms with Crippen molar-refractivity contribution in [1.82, 2.24) is 4.98 Å². The molecule has 2 rings (SSSR count). The Kier molecular flexibility index (Phi) is 2.66. The smallest absolute Gasteiger partial charge is 0.144 e. The molecule has 1 saturated carbocycles. The molecule has 0 unspecified atom stereocenters. The molecule has 1 fully saturated rings.